The van der Waals surface area contributed by atoms with Gasteiger partial charge in [-0.1, -0.05) is 23.8 Å². The van der Waals surface area contributed by atoms with E-state index in [4.69, 9.17) is 4.74 Å². The minimum atomic E-state index is -0.200. The molecule has 0 aliphatic carbocycles. The number of carbonyl (C=O) groups is 2. The molecule has 0 unspecified atom stereocenters. The van der Waals surface area contributed by atoms with Crippen LogP contribution in [-0.4, -0.2) is 49.5 Å². The van der Waals surface area contributed by atoms with Gasteiger partial charge in [0.1, 0.15) is 5.75 Å². The van der Waals surface area contributed by atoms with E-state index in [1.807, 2.05) is 77.9 Å². The Kier molecular flexibility index (Phi) is 6.52. The van der Waals surface area contributed by atoms with Crippen LogP contribution in [0.5, 0.6) is 5.75 Å². The van der Waals surface area contributed by atoms with E-state index in [-0.39, 0.29) is 18.4 Å². The average Bonchev–Trinajstić information content (AvgIpc) is 3.34. The predicted molar refractivity (Wildman–Crippen MR) is 124 cm³/mol. The van der Waals surface area contributed by atoms with Crippen LogP contribution >= 0.6 is 11.3 Å². The van der Waals surface area contributed by atoms with Gasteiger partial charge >= 0.3 is 0 Å². The number of aryl methyl sites for hydroxylation is 1. The molecule has 1 saturated heterocycles. The van der Waals surface area contributed by atoms with E-state index in [2.05, 4.69) is 10.2 Å². The molecule has 1 fully saturated rings. The maximum atomic E-state index is 12.5. The Morgan fingerprint density at radius 1 is 0.968 bits per heavy atom. The van der Waals surface area contributed by atoms with Gasteiger partial charge < -0.3 is 19.9 Å². The van der Waals surface area contributed by atoms with Crippen LogP contribution in [0, 0.1) is 6.92 Å². The highest BCUT2D eigenvalue weighted by molar-refractivity contribution is 7.12. The van der Waals surface area contributed by atoms with Crippen molar-refractivity contribution in [2.24, 2.45) is 0 Å². The van der Waals surface area contributed by atoms with Crippen molar-refractivity contribution < 1.29 is 14.3 Å². The van der Waals surface area contributed by atoms with Gasteiger partial charge in [0, 0.05) is 37.6 Å². The van der Waals surface area contributed by atoms with E-state index in [0.29, 0.717) is 18.8 Å². The molecule has 3 aromatic rings. The highest BCUT2D eigenvalue weighted by Gasteiger charge is 2.22. The van der Waals surface area contributed by atoms with E-state index in [9.17, 15) is 9.59 Å². The molecule has 0 spiro atoms. The third kappa shape index (κ3) is 5.44. The number of hydrogen-bond acceptors (Lipinski definition) is 5. The topological polar surface area (TPSA) is 61.9 Å². The molecular formula is C24H25N3O3S. The average molecular weight is 436 g/mol. The third-order valence-corrected chi connectivity index (χ3v) is 6.06. The van der Waals surface area contributed by atoms with Crippen molar-refractivity contribution in [1.29, 1.82) is 0 Å². The lowest BCUT2D eigenvalue weighted by Gasteiger charge is -2.36. The summed E-state index contributed by atoms with van der Waals surface area (Å²) in [4.78, 5) is 29.6. The van der Waals surface area contributed by atoms with Crippen LogP contribution in [0.2, 0.25) is 0 Å². The summed E-state index contributed by atoms with van der Waals surface area (Å²) in [7, 11) is 0. The zero-order chi connectivity index (χ0) is 21.6. The lowest BCUT2D eigenvalue weighted by atomic mass is 10.2. The molecule has 160 valence electrons. The number of nitrogens with zero attached hydrogens (tertiary/aromatic N) is 2. The first-order valence-corrected chi connectivity index (χ1v) is 11.1. The molecule has 2 heterocycles. The van der Waals surface area contributed by atoms with Gasteiger partial charge in [0.2, 0.25) is 0 Å². The molecule has 1 aliphatic rings. The molecule has 1 aliphatic heterocycles. The van der Waals surface area contributed by atoms with Crippen molar-refractivity contribution in [1.82, 2.24) is 4.90 Å². The van der Waals surface area contributed by atoms with Crippen LogP contribution in [0.1, 0.15) is 15.2 Å². The van der Waals surface area contributed by atoms with Crippen molar-refractivity contribution >= 4 is 34.5 Å². The molecule has 2 aromatic carbocycles. The normalized spacial score (nSPS) is 13.7. The van der Waals surface area contributed by atoms with Gasteiger partial charge in [-0.3, -0.25) is 9.59 Å². The van der Waals surface area contributed by atoms with E-state index in [1.165, 1.54) is 11.3 Å². The zero-order valence-corrected chi connectivity index (χ0v) is 18.2. The first-order chi connectivity index (χ1) is 15.1. The van der Waals surface area contributed by atoms with Gasteiger partial charge in [-0.05, 0) is 54.8 Å². The largest absolute Gasteiger partial charge is 0.484 e. The second-order valence-electron chi connectivity index (χ2n) is 7.45. The molecule has 1 aromatic heterocycles. The number of hydrogen-bond donors (Lipinski definition) is 1. The first-order valence-electron chi connectivity index (χ1n) is 10.3. The summed E-state index contributed by atoms with van der Waals surface area (Å²) in [5.74, 6) is 0.586. The lowest BCUT2D eigenvalue weighted by molar-refractivity contribution is -0.118. The van der Waals surface area contributed by atoms with Crippen LogP contribution in [0.15, 0.2) is 66.0 Å². The van der Waals surface area contributed by atoms with Gasteiger partial charge in [0.05, 0.1) is 4.88 Å². The molecule has 0 radical (unpaired) electrons. The smallest absolute Gasteiger partial charge is 0.264 e. The van der Waals surface area contributed by atoms with Crippen LogP contribution in [0.4, 0.5) is 11.4 Å². The molecule has 31 heavy (non-hydrogen) atoms. The Morgan fingerprint density at radius 2 is 1.68 bits per heavy atom. The van der Waals surface area contributed by atoms with Gasteiger partial charge in [-0.15, -0.1) is 11.3 Å². The molecular weight excluding hydrogens is 410 g/mol. The molecule has 0 atom stereocenters. The number of piperazine rings is 1. The summed E-state index contributed by atoms with van der Waals surface area (Å²) >= 11 is 1.48. The molecule has 4 rings (SSSR count). The molecule has 0 bridgehead atoms. The summed E-state index contributed by atoms with van der Waals surface area (Å²) in [6.07, 6.45) is 0. The highest BCUT2D eigenvalue weighted by Crippen LogP contribution is 2.21. The van der Waals surface area contributed by atoms with Crippen LogP contribution in [-0.2, 0) is 4.79 Å². The Bertz CT molecular complexity index is 1010. The fourth-order valence-electron chi connectivity index (χ4n) is 3.46. The third-order valence-electron chi connectivity index (χ3n) is 5.21. The Labute approximate surface area is 186 Å². The van der Waals surface area contributed by atoms with Crippen molar-refractivity contribution in [3.05, 3.63) is 76.5 Å². The van der Waals surface area contributed by atoms with E-state index < -0.39 is 0 Å². The second kappa shape index (κ2) is 9.66. The lowest BCUT2D eigenvalue weighted by Crippen LogP contribution is -2.48. The molecule has 2 amide bonds. The SMILES string of the molecule is Cc1ccc(OCC(=O)Nc2ccc(N3CCN(C(=O)c4cccs4)CC3)cc2)cc1. The predicted octanol–water partition coefficient (Wildman–Crippen LogP) is 4.04. The van der Waals surface area contributed by atoms with Crippen molar-refractivity contribution in [3.63, 3.8) is 0 Å². The van der Waals surface area contributed by atoms with Crippen LogP contribution < -0.4 is 15.0 Å². The Morgan fingerprint density at radius 3 is 2.32 bits per heavy atom. The summed E-state index contributed by atoms with van der Waals surface area (Å²) in [6.45, 7) is 4.94. The fourth-order valence-corrected chi connectivity index (χ4v) is 4.15. The van der Waals surface area contributed by atoms with Crippen LogP contribution in [0.3, 0.4) is 0 Å². The van der Waals surface area contributed by atoms with Gasteiger partial charge in [0.25, 0.3) is 11.8 Å². The highest BCUT2D eigenvalue weighted by atomic mass is 32.1. The first kappa shape index (κ1) is 20.9. The Hall–Kier alpha value is -3.32. The van der Waals surface area contributed by atoms with Gasteiger partial charge in [-0.25, -0.2) is 0 Å². The minimum absolute atomic E-state index is 0.0367. The van der Waals surface area contributed by atoms with Crippen molar-refractivity contribution in [2.45, 2.75) is 6.92 Å². The van der Waals surface area contributed by atoms with E-state index in [1.54, 1.807) is 0 Å². The molecule has 0 saturated carbocycles. The number of carbonyl (C=O) groups excluding carboxylic acids is 2. The number of ether oxygens (including phenoxy) is 1. The number of anilines is 2. The summed E-state index contributed by atoms with van der Waals surface area (Å²) in [6, 6.07) is 19.1. The quantitative estimate of drug-likeness (QED) is 0.635. The summed E-state index contributed by atoms with van der Waals surface area (Å²) in [5, 5.41) is 4.79. The number of amides is 2. The number of thiophene rings is 1. The molecule has 1 N–H and O–H groups in total. The van der Waals surface area contributed by atoms with Gasteiger partial charge in [0.15, 0.2) is 6.61 Å². The van der Waals surface area contributed by atoms with Crippen molar-refractivity contribution in [3.8, 4) is 5.75 Å². The standard InChI is InChI=1S/C24H25N3O3S/c1-18-4-10-21(11-5-18)30-17-23(28)25-19-6-8-20(9-7-19)26-12-14-27(15-13-26)24(29)22-3-2-16-31-22/h2-11,16H,12-15,17H2,1H3,(H,25,28). The Balaban J connectivity index is 1.25. The number of nitrogens with one attached hydrogen (secondary N) is 1. The van der Waals surface area contributed by atoms with E-state index >= 15 is 0 Å². The summed E-state index contributed by atoms with van der Waals surface area (Å²) in [5.41, 5.74) is 2.96. The zero-order valence-electron chi connectivity index (χ0n) is 17.4. The van der Waals surface area contributed by atoms with Crippen LogP contribution in [0.25, 0.3) is 0 Å². The minimum Gasteiger partial charge on any atom is -0.484 e. The van der Waals surface area contributed by atoms with Gasteiger partial charge in [-0.2, -0.15) is 0 Å². The number of rotatable bonds is 6. The number of benzene rings is 2. The maximum absolute atomic E-state index is 12.5. The molecule has 7 heteroatoms. The fraction of sp³-hybridized carbons (Fsp3) is 0.250. The summed E-state index contributed by atoms with van der Waals surface area (Å²) < 4.78 is 5.52. The van der Waals surface area contributed by atoms with E-state index in [0.717, 1.165) is 34.9 Å². The van der Waals surface area contributed by atoms with Crippen molar-refractivity contribution in [2.75, 3.05) is 43.0 Å². The second-order valence-corrected chi connectivity index (χ2v) is 8.40. The molecule has 6 nitrogen and oxygen atoms in total. The maximum Gasteiger partial charge on any atom is 0.264 e. The monoisotopic (exact) mass is 435 g/mol.